The quantitative estimate of drug-likeness (QED) is 0.236. The molecule has 11 heteroatoms. The third kappa shape index (κ3) is 6.64. The molecule has 0 aliphatic carbocycles. The van der Waals surface area contributed by atoms with Gasteiger partial charge in [-0.15, -0.1) is 24.8 Å². The Morgan fingerprint density at radius 2 is 1.74 bits per heavy atom. The molecule has 1 aliphatic rings. The number of carbonyl (C=O) groups is 2. The summed E-state index contributed by atoms with van der Waals surface area (Å²) in [5, 5.41) is 0.577. The summed E-state index contributed by atoms with van der Waals surface area (Å²) in [6, 6.07) is 13.6. The van der Waals surface area contributed by atoms with Gasteiger partial charge in [0.2, 0.25) is 11.8 Å². The van der Waals surface area contributed by atoms with E-state index in [0.717, 1.165) is 41.2 Å². The van der Waals surface area contributed by atoms with E-state index in [1.807, 2.05) is 44.2 Å². The Bertz CT molecular complexity index is 1670. The fourth-order valence-electron chi connectivity index (χ4n) is 5.52. The highest BCUT2D eigenvalue weighted by molar-refractivity contribution is 6.19. The van der Waals surface area contributed by atoms with Gasteiger partial charge in [0.25, 0.3) is 5.56 Å². The lowest BCUT2D eigenvalue weighted by Crippen LogP contribution is -2.47. The number of carbonyl (C=O) groups excluding carboxylic acids is 2. The minimum absolute atomic E-state index is 0. The molecular formula is C32H39Cl2N5O4. The Labute approximate surface area is 264 Å². The number of furan rings is 1. The first-order chi connectivity index (χ1) is 19.6. The number of aryl methyl sites for hydroxylation is 1. The Balaban J connectivity index is 0.00000253. The van der Waals surface area contributed by atoms with E-state index in [9.17, 15) is 14.4 Å². The Morgan fingerprint density at radius 1 is 0.977 bits per heavy atom. The summed E-state index contributed by atoms with van der Waals surface area (Å²) in [6.07, 6.45) is 5.84. The molecule has 4 heterocycles. The maximum Gasteiger partial charge on any atom is 0.261 e. The highest BCUT2D eigenvalue weighted by Crippen LogP contribution is 2.38. The van der Waals surface area contributed by atoms with Gasteiger partial charge in [-0.1, -0.05) is 12.1 Å². The molecule has 0 unspecified atom stereocenters. The van der Waals surface area contributed by atoms with Gasteiger partial charge in [0, 0.05) is 57.9 Å². The number of fused-ring (bicyclic) bond motifs is 2. The molecule has 3 aromatic heterocycles. The van der Waals surface area contributed by atoms with Crippen LogP contribution in [0.25, 0.3) is 11.0 Å². The average molecular weight is 629 g/mol. The average Bonchev–Trinajstić information content (AvgIpc) is 3.44. The van der Waals surface area contributed by atoms with Crippen LogP contribution >= 0.6 is 24.8 Å². The first-order valence-corrected chi connectivity index (χ1v) is 14.0. The van der Waals surface area contributed by atoms with Crippen molar-refractivity contribution in [2.24, 2.45) is 5.41 Å². The Morgan fingerprint density at radius 3 is 2.47 bits per heavy atom. The van der Waals surface area contributed by atoms with Crippen LogP contribution in [0.15, 0.2) is 70.3 Å². The normalized spacial score (nSPS) is 14.4. The number of halogens is 2. The van der Waals surface area contributed by atoms with E-state index < -0.39 is 5.41 Å². The van der Waals surface area contributed by atoms with Crippen molar-refractivity contribution in [1.29, 1.82) is 0 Å². The summed E-state index contributed by atoms with van der Waals surface area (Å²) in [4.78, 5) is 49.5. The third-order valence-electron chi connectivity index (χ3n) is 8.10. The molecule has 0 radical (unpaired) electrons. The van der Waals surface area contributed by atoms with Crippen molar-refractivity contribution in [3.05, 3.63) is 88.3 Å². The van der Waals surface area contributed by atoms with Gasteiger partial charge in [-0.05, 0) is 75.6 Å². The highest BCUT2D eigenvalue weighted by Gasteiger charge is 2.45. The minimum atomic E-state index is -1.14. The van der Waals surface area contributed by atoms with Gasteiger partial charge >= 0.3 is 0 Å². The number of hydrogen-bond acceptors (Lipinski definition) is 6. The lowest BCUT2D eigenvalue weighted by molar-refractivity contribution is -0.137. The lowest BCUT2D eigenvalue weighted by atomic mass is 9.90. The van der Waals surface area contributed by atoms with Crippen LogP contribution in [0.5, 0.6) is 0 Å². The number of amides is 2. The predicted octanol–water partition coefficient (Wildman–Crippen LogP) is 5.24. The molecular weight excluding hydrogens is 589 g/mol. The molecule has 0 fully saturated rings. The zero-order chi connectivity index (χ0) is 29.3. The monoisotopic (exact) mass is 627 g/mol. The maximum atomic E-state index is 13.3. The summed E-state index contributed by atoms with van der Waals surface area (Å²) in [5.41, 5.74) is 4.06. The number of pyridine rings is 2. The summed E-state index contributed by atoms with van der Waals surface area (Å²) in [6.45, 7) is 10.4. The van der Waals surface area contributed by atoms with E-state index in [4.69, 9.17) is 4.42 Å². The lowest BCUT2D eigenvalue weighted by Gasteiger charge is -2.27. The van der Waals surface area contributed by atoms with Crippen LogP contribution in [-0.2, 0) is 29.1 Å². The van der Waals surface area contributed by atoms with Crippen molar-refractivity contribution in [3.63, 3.8) is 0 Å². The number of nitrogens with zero attached hydrogens (tertiary/aromatic N) is 5. The van der Waals surface area contributed by atoms with Gasteiger partial charge in [0.15, 0.2) is 0 Å². The van der Waals surface area contributed by atoms with E-state index in [0.29, 0.717) is 37.1 Å². The van der Waals surface area contributed by atoms with Crippen molar-refractivity contribution >= 4 is 59.0 Å². The Hall–Kier alpha value is -3.66. The molecule has 1 aromatic carbocycles. The van der Waals surface area contributed by atoms with Crippen LogP contribution in [0.2, 0.25) is 0 Å². The van der Waals surface area contributed by atoms with Crippen molar-refractivity contribution in [3.8, 4) is 0 Å². The van der Waals surface area contributed by atoms with Crippen LogP contribution in [0.4, 0.5) is 11.4 Å². The van der Waals surface area contributed by atoms with E-state index in [-0.39, 0.29) is 42.2 Å². The van der Waals surface area contributed by atoms with E-state index >= 15 is 0 Å². The van der Waals surface area contributed by atoms with Crippen molar-refractivity contribution in [2.45, 2.75) is 47.2 Å². The summed E-state index contributed by atoms with van der Waals surface area (Å²) < 4.78 is 7.10. The zero-order valence-corrected chi connectivity index (χ0v) is 26.8. The van der Waals surface area contributed by atoms with Gasteiger partial charge in [-0.2, -0.15) is 0 Å². The SMILES string of the molecule is CCN1C(=O)C(C)(C)C(=O)N(C)c2cc(CCN(CCn3ccc4occc4c3=O)Cc3cccnc3C)ccc21.Cl.Cl. The second-order valence-electron chi connectivity index (χ2n) is 11.1. The fourth-order valence-corrected chi connectivity index (χ4v) is 5.52. The molecule has 0 saturated heterocycles. The van der Waals surface area contributed by atoms with Crippen LogP contribution in [0.1, 0.15) is 37.6 Å². The number of rotatable bonds is 9. The van der Waals surface area contributed by atoms with Crippen LogP contribution in [-0.4, -0.2) is 52.9 Å². The first kappa shape index (κ1) is 33.8. The molecule has 1 aliphatic heterocycles. The van der Waals surface area contributed by atoms with Crippen molar-refractivity contribution < 1.29 is 14.0 Å². The van der Waals surface area contributed by atoms with Gasteiger partial charge in [0.05, 0.1) is 23.0 Å². The zero-order valence-electron chi connectivity index (χ0n) is 25.2. The molecule has 0 atom stereocenters. The second kappa shape index (κ2) is 13.8. The standard InChI is InChI=1S/C32H37N5O4.2ClH/c1-6-37-26-10-9-23(20-27(26)34(5)30(39)32(3,4)31(37)40)11-15-35(21-24-8-7-14-33-22(24)2)17-18-36-16-12-28-25(29(36)38)13-19-41-28;;/h7-10,12-14,16,19-20H,6,11,15,17-18,21H2,1-5H3;2*1H. The van der Waals surface area contributed by atoms with Crippen molar-refractivity contribution in [2.75, 3.05) is 36.5 Å². The van der Waals surface area contributed by atoms with Gasteiger partial charge < -0.3 is 18.8 Å². The molecule has 9 nitrogen and oxygen atoms in total. The molecule has 0 saturated carbocycles. The highest BCUT2D eigenvalue weighted by atomic mass is 35.5. The van der Waals surface area contributed by atoms with E-state index in [1.165, 1.54) is 6.26 Å². The molecule has 0 N–H and O–H groups in total. The fraction of sp³-hybridized carbons (Fsp3) is 0.375. The molecule has 230 valence electrons. The third-order valence-corrected chi connectivity index (χ3v) is 8.10. The number of anilines is 2. The number of benzene rings is 1. The first-order valence-electron chi connectivity index (χ1n) is 14.0. The van der Waals surface area contributed by atoms with E-state index in [1.54, 1.807) is 53.7 Å². The smallest absolute Gasteiger partial charge is 0.261 e. The van der Waals surface area contributed by atoms with Gasteiger partial charge in [0.1, 0.15) is 11.0 Å². The summed E-state index contributed by atoms with van der Waals surface area (Å²) in [5.74, 6) is -0.407. The topological polar surface area (TPSA) is 91.9 Å². The minimum Gasteiger partial charge on any atom is -0.464 e. The maximum absolute atomic E-state index is 13.3. The molecule has 4 aromatic rings. The molecule has 2 amide bonds. The summed E-state index contributed by atoms with van der Waals surface area (Å²) >= 11 is 0. The number of aromatic nitrogens is 2. The largest absolute Gasteiger partial charge is 0.464 e. The van der Waals surface area contributed by atoms with E-state index in [2.05, 4.69) is 16.0 Å². The summed E-state index contributed by atoms with van der Waals surface area (Å²) in [7, 11) is 1.74. The second-order valence-corrected chi connectivity index (χ2v) is 11.1. The van der Waals surface area contributed by atoms with Gasteiger partial charge in [-0.25, -0.2) is 0 Å². The molecule has 0 spiro atoms. The predicted molar refractivity (Wildman–Crippen MR) is 175 cm³/mol. The molecule has 0 bridgehead atoms. The van der Waals surface area contributed by atoms with Crippen LogP contribution in [0.3, 0.4) is 0 Å². The van der Waals surface area contributed by atoms with Crippen molar-refractivity contribution in [1.82, 2.24) is 14.5 Å². The van der Waals surface area contributed by atoms with Crippen LogP contribution in [0, 0.1) is 12.3 Å². The number of hydrogen-bond donors (Lipinski definition) is 0. The molecule has 43 heavy (non-hydrogen) atoms. The van der Waals surface area contributed by atoms with Crippen LogP contribution < -0.4 is 15.4 Å². The van der Waals surface area contributed by atoms with Gasteiger partial charge in [-0.3, -0.25) is 24.3 Å². The molecule has 5 rings (SSSR count). The Kier molecular flexibility index (Phi) is 10.8.